The van der Waals surface area contributed by atoms with Crippen molar-refractivity contribution in [2.45, 2.75) is 30.8 Å². The van der Waals surface area contributed by atoms with E-state index < -0.39 is 10.0 Å². The standard InChI is InChI=1S/C20H24N2O5S/c1-2-26-15-9-11-17(12-10-15)28(24,25)22-19-8-4-3-7-18(19)20(23)21-14-16-6-5-13-27-16/h3-4,7-12,16,22H,2,5-6,13-14H2,1H3,(H,21,23)/t16-/m0/s1. The average Bonchev–Trinajstić information content (AvgIpc) is 3.21. The van der Waals surface area contributed by atoms with Gasteiger partial charge < -0.3 is 14.8 Å². The molecule has 1 fully saturated rings. The van der Waals surface area contributed by atoms with E-state index in [-0.39, 0.29) is 28.2 Å². The van der Waals surface area contributed by atoms with Crippen molar-refractivity contribution in [2.75, 3.05) is 24.5 Å². The molecule has 1 aliphatic rings. The van der Waals surface area contributed by atoms with Crippen LogP contribution in [-0.2, 0) is 14.8 Å². The highest BCUT2D eigenvalue weighted by Gasteiger charge is 2.20. The summed E-state index contributed by atoms with van der Waals surface area (Å²) in [5.41, 5.74) is 0.483. The number of hydrogen-bond donors (Lipinski definition) is 2. The van der Waals surface area contributed by atoms with Crippen LogP contribution in [0.3, 0.4) is 0 Å². The first kappa shape index (κ1) is 20.2. The number of benzene rings is 2. The lowest BCUT2D eigenvalue weighted by molar-refractivity contribution is 0.0858. The summed E-state index contributed by atoms with van der Waals surface area (Å²) in [5.74, 6) is 0.246. The number of nitrogens with one attached hydrogen (secondary N) is 2. The number of rotatable bonds is 8. The zero-order chi connectivity index (χ0) is 20.0. The van der Waals surface area contributed by atoms with Crippen molar-refractivity contribution in [3.8, 4) is 5.75 Å². The number of ether oxygens (including phenoxy) is 2. The molecule has 0 aromatic heterocycles. The van der Waals surface area contributed by atoms with Gasteiger partial charge in [-0.25, -0.2) is 8.42 Å². The summed E-state index contributed by atoms with van der Waals surface area (Å²) in [6.07, 6.45) is 1.90. The maximum Gasteiger partial charge on any atom is 0.261 e. The first-order chi connectivity index (χ1) is 13.5. The third kappa shape index (κ3) is 5.02. The van der Waals surface area contributed by atoms with E-state index in [1.165, 1.54) is 12.1 Å². The van der Waals surface area contributed by atoms with Gasteiger partial charge >= 0.3 is 0 Å². The molecule has 3 rings (SSSR count). The number of anilines is 1. The molecule has 0 spiro atoms. The molecule has 1 aliphatic heterocycles. The Bertz CT molecular complexity index is 906. The molecule has 28 heavy (non-hydrogen) atoms. The molecule has 8 heteroatoms. The highest BCUT2D eigenvalue weighted by atomic mass is 32.2. The van der Waals surface area contributed by atoms with Gasteiger partial charge in [0.15, 0.2) is 0 Å². The van der Waals surface area contributed by atoms with Crippen LogP contribution in [0.2, 0.25) is 0 Å². The van der Waals surface area contributed by atoms with Gasteiger partial charge in [0.25, 0.3) is 15.9 Å². The maximum absolute atomic E-state index is 12.7. The van der Waals surface area contributed by atoms with E-state index in [4.69, 9.17) is 9.47 Å². The minimum absolute atomic E-state index is 0.0108. The molecule has 2 aromatic rings. The second-order valence-electron chi connectivity index (χ2n) is 6.40. The summed E-state index contributed by atoms with van der Waals surface area (Å²) in [7, 11) is -3.84. The van der Waals surface area contributed by atoms with E-state index in [1.54, 1.807) is 36.4 Å². The van der Waals surface area contributed by atoms with Crippen LogP contribution in [0.25, 0.3) is 0 Å². The van der Waals surface area contributed by atoms with Crippen molar-refractivity contribution in [3.63, 3.8) is 0 Å². The van der Waals surface area contributed by atoms with Crippen LogP contribution in [0, 0.1) is 0 Å². The molecule has 0 bridgehead atoms. The van der Waals surface area contributed by atoms with Crippen molar-refractivity contribution in [1.82, 2.24) is 5.32 Å². The molecule has 0 unspecified atom stereocenters. The molecule has 1 saturated heterocycles. The van der Waals surface area contributed by atoms with Gasteiger partial charge in [-0.15, -0.1) is 0 Å². The lowest BCUT2D eigenvalue weighted by atomic mass is 10.1. The Morgan fingerprint density at radius 1 is 1.18 bits per heavy atom. The third-order valence-electron chi connectivity index (χ3n) is 4.38. The molecule has 2 aromatic carbocycles. The predicted molar refractivity (Wildman–Crippen MR) is 106 cm³/mol. The maximum atomic E-state index is 12.7. The largest absolute Gasteiger partial charge is 0.494 e. The molecule has 1 atom stereocenters. The van der Waals surface area contributed by atoms with Gasteiger partial charge in [0.05, 0.1) is 28.9 Å². The van der Waals surface area contributed by atoms with Gasteiger partial charge in [0, 0.05) is 13.2 Å². The Labute approximate surface area is 165 Å². The van der Waals surface area contributed by atoms with Crippen LogP contribution < -0.4 is 14.8 Å². The lowest BCUT2D eigenvalue weighted by Crippen LogP contribution is -2.32. The molecular formula is C20H24N2O5S. The van der Waals surface area contributed by atoms with E-state index in [0.717, 1.165) is 12.8 Å². The van der Waals surface area contributed by atoms with E-state index in [1.807, 2.05) is 6.92 Å². The quantitative estimate of drug-likeness (QED) is 0.706. The number of para-hydroxylation sites is 1. The number of sulfonamides is 1. The van der Waals surface area contributed by atoms with Crippen molar-refractivity contribution >= 4 is 21.6 Å². The van der Waals surface area contributed by atoms with Crippen LogP contribution in [0.5, 0.6) is 5.75 Å². The van der Waals surface area contributed by atoms with Gasteiger partial charge in [-0.05, 0) is 56.2 Å². The lowest BCUT2D eigenvalue weighted by Gasteiger charge is -2.14. The first-order valence-electron chi connectivity index (χ1n) is 9.24. The Hall–Kier alpha value is -2.58. The number of carbonyl (C=O) groups is 1. The Balaban J connectivity index is 1.73. The minimum atomic E-state index is -3.84. The van der Waals surface area contributed by atoms with Crippen molar-refractivity contribution in [1.29, 1.82) is 0 Å². The summed E-state index contributed by atoms with van der Waals surface area (Å²) in [6.45, 7) is 3.46. The SMILES string of the molecule is CCOc1ccc(S(=O)(=O)Nc2ccccc2C(=O)NC[C@@H]2CCCO2)cc1. The van der Waals surface area contributed by atoms with Gasteiger partial charge in [-0.1, -0.05) is 12.1 Å². The number of amides is 1. The summed E-state index contributed by atoms with van der Waals surface area (Å²) in [5, 5.41) is 2.81. The zero-order valence-corrected chi connectivity index (χ0v) is 16.5. The van der Waals surface area contributed by atoms with E-state index in [0.29, 0.717) is 25.5 Å². The molecule has 1 heterocycles. The first-order valence-corrected chi connectivity index (χ1v) is 10.7. The second kappa shape index (κ2) is 9.07. The molecule has 0 saturated carbocycles. The van der Waals surface area contributed by atoms with Crippen molar-refractivity contribution in [2.24, 2.45) is 0 Å². The fourth-order valence-corrected chi connectivity index (χ4v) is 4.04. The molecule has 0 radical (unpaired) electrons. The highest BCUT2D eigenvalue weighted by Crippen LogP contribution is 2.22. The number of hydrogen-bond acceptors (Lipinski definition) is 5. The Kier molecular flexibility index (Phi) is 6.53. The highest BCUT2D eigenvalue weighted by molar-refractivity contribution is 7.92. The fourth-order valence-electron chi connectivity index (χ4n) is 2.96. The van der Waals surface area contributed by atoms with Gasteiger partial charge in [-0.3, -0.25) is 9.52 Å². The van der Waals surface area contributed by atoms with Gasteiger partial charge in [-0.2, -0.15) is 0 Å². The molecule has 2 N–H and O–H groups in total. The zero-order valence-electron chi connectivity index (χ0n) is 15.7. The molecule has 0 aliphatic carbocycles. The summed E-state index contributed by atoms with van der Waals surface area (Å²) in [4.78, 5) is 12.6. The van der Waals surface area contributed by atoms with Gasteiger partial charge in [0.2, 0.25) is 0 Å². The van der Waals surface area contributed by atoms with Crippen LogP contribution >= 0.6 is 0 Å². The van der Waals surface area contributed by atoms with E-state index >= 15 is 0 Å². The van der Waals surface area contributed by atoms with Crippen LogP contribution in [0.15, 0.2) is 53.4 Å². The smallest absolute Gasteiger partial charge is 0.261 e. The van der Waals surface area contributed by atoms with Crippen molar-refractivity contribution < 1.29 is 22.7 Å². The molecule has 1 amide bonds. The second-order valence-corrected chi connectivity index (χ2v) is 8.08. The normalized spacial score (nSPS) is 16.5. The van der Waals surface area contributed by atoms with Crippen LogP contribution in [0.1, 0.15) is 30.1 Å². The third-order valence-corrected chi connectivity index (χ3v) is 5.76. The topological polar surface area (TPSA) is 93.7 Å². The Morgan fingerprint density at radius 3 is 2.61 bits per heavy atom. The molecule has 150 valence electrons. The van der Waals surface area contributed by atoms with E-state index in [2.05, 4.69) is 10.0 Å². The van der Waals surface area contributed by atoms with Crippen LogP contribution in [-0.4, -0.2) is 40.2 Å². The summed E-state index contributed by atoms with van der Waals surface area (Å²) in [6, 6.07) is 12.6. The summed E-state index contributed by atoms with van der Waals surface area (Å²) < 4.78 is 38.8. The molecular weight excluding hydrogens is 380 g/mol. The molecule has 7 nitrogen and oxygen atoms in total. The van der Waals surface area contributed by atoms with Crippen molar-refractivity contribution in [3.05, 3.63) is 54.1 Å². The predicted octanol–water partition coefficient (Wildman–Crippen LogP) is 2.79. The average molecular weight is 404 g/mol. The summed E-state index contributed by atoms with van der Waals surface area (Å²) >= 11 is 0. The van der Waals surface area contributed by atoms with Crippen LogP contribution in [0.4, 0.5) is 5.69 Å². The van der Waals surface area contributed by atoms with Gasteiger partial charge in [0.1, 0.15) is 5.75 Å². The Morgan fingerprint density at radius 2 is 1.93 bits per heavy atom. The number of carbonyl (C=O) groups excluding carboxylic acids is 1. The monoisotopic (exact) mass is 404 g/mol. The fraction of sp³-hybridized carbons (Fsp3) is 0.350. The minimum Gasteiger partial charge on any atom is -0.494 e. The van der Waals surface area contributed by atoms with E-state index in [9.17, 15) is 13.2 Å².